The summed E-state index contributed by atoms with van der Waals surface area (Å²) >= 11 is 1.06. The topological polar surface area (TPSA) is 46.2 Å². The number of hydrogen-bond donors (Lipinski definition) is 2. The zero-order valence-electron chi connectivity index (χ0n) is 3.17. The Morgan fingerprint density at radius 1 is 1.67 bits per heavy atom. The first-order valence-corrected chi connectivity index (χ1v) is 3.60. The third kappa shape index (κ3) is 4.26. The molecule has 0 amide bonds. The van der Waals surface area contributed by atoms with Gasteiger partial charge in [-0.15, -0.1) is 0 Å². The molecule has 0 heterocycles. The van der Waals surface area contributed by atoms with Crippen LogP contribution < -0.4 is 4.13 Å². The van der Waals surface area contributed by atoms with E-state index < -0.39 is 10.9 Å². The second kappa shape index (κ2) is 3.45. The molecule has 6 heavy (non-hydrogen) atoms. The molecule has 0 spiro atoms. The SMILES string of the molecule is CSN[SH](=O)=O. The molecule has 0 aromatic rings. The van der Waals surface area contributed by atoms with Crippen LogP contribution in [0.4, 0.5) is 0 Å². The highest BCUT2D eigenvalue weighted by atomic mass is 32.2. The molecule has 0 atom stereocenters. The van der Waals surface area contributed by atoms with Gasteiger partial charge in [0.1, 0.15) is 0 Å². The zero-order valence-corrected chi connectivity index (χ0v) is 4.88. The Hall–Kier alpha value is 0.260. The van der Waals surface area contributed by atoms with E-state index in [0.717, 1.165) is 11.9 Å². The molecule has 0 aliphatic rings. The van der Waals surface area contributed by atoms with Crippen LogP contribution in [0.15, 0.2) is 0 Å². The number of thiol groups is 1. The van der Waals surface area contributed by atoms with E-state index in [4.69, 9.17) is 0 Å². The fourth-order valence-electron chi connectivity index (χ4n) is 0.0745. The van der Waals surface area contributed by atoms with E-state index in [2.05, 4.69) is 4.13 Å². The van der Waals surface area contributed by atoms with Gasteiger partial charge in [0.2, 0.25) is 10.9 Å². The van der Waals surface area contributed by atoms with Crippen LogP contribution in [0.5, 0.6) is 0 Å². The molecule has 0 radical (unpaired) electrons. The Morgan fingerprint density at radius 3 is 2.17 bits per heavy atom. The van der Waals surface area contributed by atoms with E-state index in [1.807, 2.05) is 0 Å². The molecule has 0 saturated carbocycles. The molecular formula is CH5NO2S2. The summed E-state index contributed by atoms with van der Waals surface area (Å²) in [6.07, 6.45) is 1.64. The number of rotatable bonds is 2. The summed E-state index contributed by atoms with van der Waals surface area (Å²) in [5.41, 5.74) is 0. The fourth-order valence-corrected chi connectivity index (χ4v) is 0.671. The van der Waals surface area contributed by atoms with Crippen LogP contribution in [-0.2, 0) is 10.9 Å². The molecular weight excluding hydrogens is 122 g/mol. The highest BCUT2D eigenvalue weighted by molar-refractivity contribution is 8.03. The monoisotopic (exact) mass is 127 g/mol. The van der Waals surface area contributed by atoms with Crippen molar-refractivity contribution >= 4 is 22.8 Å². The van der Waals surface area contributed by atoms with Gasteiger partial charge in [-0.1, -0.05) is 11.9 Å². The lowest BCUT2D eigenvalue weighted by Gasteiger charge is -1.78. The van der Waals surface area contributed by atoms with Gasteiger partial charge in [0.15, 0.2) is 0 Å². The first-order chi connectivity index (χ1) is 2.77. The van der Waals surface area contributed by atoms with Crippen molar-refractivity contribution in [2.24, 2.45) is 0 Å². The Balaban J connectivity index is 3.07. The van der Waals surface area contributed by atoms with Crippen LogP contribution in [0.25, 0.3) is 0 Å². The Labute approximate surface area is 42.3 Å². The summed E-state index contributed by atoms with van der Waals surface area (Å²) < 4.78 is 21.1. The van der Waals surface area contributed by atoms with Crippen LogP contribution >= 0.6 is 11.9 Å². The minimum absolute atomic E-state index is 1.06. The van der Waals surface area contributed by atoms with Crippen LogP contribution in [0, 0.1) is 0 Å². The van der Waals surface area contributed by atoms with Crippen molar-refractivity contribution in [1.82, 2.24) is 4.13 Å². The zero-order chi connectivity index (χ0) is 4.99. The maximum atomic E-state index is 9.50. The average molecular weight is 127 g/mol. The summed E-state index contributed by atoms with van der Waals surface area (Å²) in [4.78, 5) is 0. The van der Waals surface area contributed by atoms with Crippen LogP contribution in [0.3, 0.4) is 0 Å². The predicted octanol–water partition coefficient (Wildman–Crippen LogP) is -0.620. The van der Waals surface area contributed by atoms with Gasteiger partial charge in [0.05, 0.1) is 0 Å². The molecule has 0 aromatic heterocycles. The van der Waals surface area contributed by atoms with Crippen molar-refractivity contribution < 1.29 is 8.42 Å². The molecule has 0 rings (SSSR count). The lowest BCUT2D eigenvalue weighted by molar-refractivity contribution is 0.613. The van der Waals surface area contributed by atoms with Crippen LogP contribution in [-0.4, -0.2) is 14.7 Å². The Kier molecular flexibility index (Phi) is 3.60. The van der Waals surface area contributed by atoms with Gasteiger partial charge in [0, 0.05) is 0 Å². The van der Waals surface area contributed by atoms with Crippen molar-refractivity contribution in [3.05, 3.63) is 0 Å². The standard InChI is InChI=1S/CH5NO2S2/c1-5-2-6(3)4/h6H,1H3,(H,2,3,4). The van der Waals surface area contributed by atoms with E-state index in [0.29, 0.717) is 0 Å². The van der Waals surface area contributed by atoms with E-state index >= 15 is 0 Å². The molecule has 0 bridgehead atoms. The summed E-state index contributed by atoms with van der Waals surface area (Å²) in [6.45, 7) is 0. The summed E-state index contributed by atoms with van der Waals surface area (Å²) in [5, 5.41) is 0. The molecule has 0 aliphatic carbocycles. The molecule has 3 nitrogen and oxygen atoms in total. The Morgan fingerprint density at radius 2 is 2.17 bits per heavy atom. The van der Waals surface area contributed by atoms with Crippen LogP contribution in [0.1, 0.15) is 0 Å². The maximum absolute atomic E-state index is 9.50. The quantitative estimate of drug-likeness (QED) is 0.384. The van der Waals surface area contributed by atoms with E-state index in [1.54, 1.807) is 6.26 Å². The van der Waals surface area contributed by atoms with Gasteiger partial charge < -0.3 is 0 Å². The summed E-state index contributed by atoms with van der Waals surface area (Å²) in [7, 11) is -2.39. The van der Waals surface area contributed by atoms with Crippen molar-refractivity contribution in [3.63, 3.8) is 0 Å². The minimum Gasteiger partial charge on any atom is -0.215 e. The van der Waals surface area contributed by atoms with Crippen molar-refractivity contribution in [2.45, 2.75) is 0 Å². The molecule has 0 saturated heterocycles. The number of hydrogen-bond acceptors (Lipinski definition) is 3. The highest BCUT2D eigenvalue weighted by Gasteiger charge is 1.71. The van der Waals surface area contributed by atoms with Crippen molar-refractivity contribution in [3.8, 4) is 0 Å². The molecule has 1 N–H and O–H groups in total. The molecule has 38 valence electrons. The van der Waals surface area contributed by atoms with E-state index in [-0.39, 0.29) is 0 Å². The van der Waals surface area contributed by atoms with Crippen molar-refractivity contribution in [1.29, 1.82) is 0 Å². The third-order valence-electron chi connectivity index (χ3n) is 0.166. The minimum atomic E-state index is -2.39. The molecule has 0 aliphatic heterocycles. The van der Waals surface area contributed by atoms with E-state index in [9.17, 15) is 8.42 Å². The van der Waals surface area contributed by atoms with Gasteiger partial charge in [0.25, 0.3) is 0 Å². The van der Waals surface area contributed by atoms with Gasteiger partial charge in [-0.05, 0) is 6.26 Å². The van der Waals surface area contributed by atoms with Gasteiger partial charge in [-0.25, -0.2) is 8.42 Å². The fraction of sp³-hybridized carbons (Fsp3) is 1.00. The maximum Gasteiger partial charge on any atom is 0.210 e. The van der Waals surface area contributed by atoms with Gasteiger partial charge >= 0.3 is 0 Å². The third-order valence-corrected chi connectivity index (χ3v) is 1.49. The predicted molar refractivity (Wildman–Crippen MR) is 27.0 cm³/mol. The molecule has 5 heteroatoms. The second-order valence-electron chi connectivity index (χ2n) is 0.553. The molecule has 0 fully saturated rings. The van der Waals surface area contributed by atoms with Crippen LogP contribution in [0.2, 0.25) is 0 Å². The molecule has 0 aromatic carbocycles. The summed E-state index contributed by atoms with van der Waals surface area (Å²) in [6, 6.07) is 0. The van der Waals surface area contributed by atoms with Gasteiger partial charge in [-0.3, -0.25) is 0 Å². The lowest BCUT2D eigenvalue weighted by atomic mass is 12.0. The van der Waals surface area contributed by atoms with Gasteiger partial charge in [-0.2, -0.15) is 4.13 Å². The highest BCUT2D eigenvalue weighted by Crippen LogP contribution is 1.76. The first kappa shape index (κ1) is 6.26. The van der Waals surface area contributed by atoms with Crippen molar-refractivity contribution in [2.75, 3.05) is 6.26 Å². The number of nitrogens with one attached hydrogen (secondary N) is 1. The largest absolute Gasteiger partial charge is 0.215 e. The Bertz CT molecular complexity index is 79.5. The summed E-state index contributed by atoms with van der Waals surface area (Å²) in [5.74, 6) is 0. The average Bonchev–Trinajstić information content (AvgIpc) is 1.35. The first-order valence-electron chi connectivity index (χ1n) is 1.20. The molecule has 0 unspecified atom stereocenters. The van der Waals surface area contributed by atoms with E-state index in [1.165, 1.54) is 0 Å². The lowest BCUT2D eigenvalue weighted by Crippen LogP contribution is -1.95. The smallest absolute Gasteiger partial charge is 0.210 e. The normalized spacial score (nSPS) is 9.67. The second-order valence-corrected chi connectivity index (χ2v) is 2.21.